The summed E-state index contributed by atoms with van der Waals surface area (Å²) in [5.74, 6) is 2.66. The van der Waals surface area contributed by atoms with Crippen LogP contribution in [0.1, 0.15) is 118 Å². The zero-order valence-corrected chi connectivity index (χ0v) is 40.0. The van der Waals surface area contributed by atoms with Crippen molar-refractivity contribution in [2.75, 3.05) is 0 Å². The van der Waals surface area contributed by atoms with Gasteiger partial charge in [0.05, 0.1) is 5.57 Å². The fourth-order valence-corrected chi connectivity index (χ4v) is 14.6. The SMILES string of the molecule is CC1C=CC2=C(C1)C(C)(C)C1=C(CC(C)C=C1)C21c2ccccc2C2c3c(c4c(n3-c3ccc(C5=CC(C6C=C(C7=CC=CCC7C)C=C(C7C=CC=CC7)N6)=[N+]=C5)cc3)C=CCC4)CCC21. The van der Waals surface area contributed by atoms with Crippen LogP contribution in [0.25, 0.3) is 17.3 Å². The molecule has 3 nitrogen and oxygen atoms in total. The Morgan fingerprint density at radius 3 is 2.37 bits per heavy atom. The summed E-state index contributed by atoms with van der Waals surface area (Å²) in [6, 6.07) is 19.3. The highest BCUT2D eigenvalue weighted by atomic mass is 15.0. The van der Waals surface area contributed by atoms with Gasteiger partial charge in [0.25, 0.3) is 0 Å². The van der Waals surface area contributed by atoms with Gasteiger partial charge in [-0.1, -0.05) is 160 Å². The molecule has 0 saturated carbocycles. The third-order valence-corrected chi connectivity index (χ3v) is 17.8. The first-order chi connectivity index (χ1) is 32.7. The Kier molecular flexibility index (Phi) is 9.47. The molecule has 0 amide bonds. The molecule has 0 fully saturated rings. The minimum atomic E-state index is -0.126. The van der Waals surface area contributed by atoms with Crippen LogP contribution in [0.5, 0.6) is 0 Å². The standard InChI is InChI=1S/C64H64N3/c1-39-24-31-53-55(33-39)63(4,5)52-30-23-40(2)34-56(52)64(53)51-21-13-11-20-50(51)61-54(64)32-29-49-48-19-12-14-22-60(48)67(62(49)61)46-27-25-42(26-28-46)45-37-58(65-38-45)59-36-44(47-18-10-9-15-41(47)3)35-57(66-59)43-16-7-6-8-17-43/h6-11,13-14,16,18,20-28,30-31,35-41,43,54,59,61,66H,12,15,17,19,29,32-34H2,1-5H3/q+1. The monoisotopic (exact) mass is 875 g/mol. The Bertz CT molecular complexity index is 3120. The molecule has 2 aliphatic heterocycles. The van der Waals surface area contributed by atoms with Crippen molar-refractivity contribution in [2.45, 2.75) is 103 Å². The maximum Gasteiger partial charge on any atom is 0.330 e. The van der Waals surface area contributed by atoms with E-state index in [1.807, 2.05) is 0 Å². The lowest BCUT2D eigenvalue weighted by atomic mass is 9.49. The van der Waals surface area contributed by atoms with Crippen LogP contribution < -0.4 is 9.98 Å². The lowest BCUT2D eigenvalue weighted by molar-refractivity contribution is 0.287. The molecule has 1 spiro atoms. The largest absolute Gasteiger partial charge is 0.371 e. The van der Waals surface area contributed by atoms with E-state index in [2.05, 4.69) is 196 Å². The second kappa shape index (κ2) is 15.4. The first kappa shape index (κ1) is 41.1. The van der Waals surface area contributed by atoms with Crippen molar-refractivity contribution in [2.24, 2.45) is 35.0 Å². The first-order valence-corrected chi connectivity index (χ1v) is 25.7. The fraction of sp³-hybridized carbons (Fsp3) is 0.344. The Morgan fingerprint density at radius 2 is 1.55 bits per heavy atom. The van der Waals surface area contributed by atoms with E-state index in [9.17, 15) is 0 Å². The average Bonchev–Trinajstić information content (AvgIpc) is 4.07. The van der Waals surface area contributed by atoms with E-state index < -0.39 is 0 Å². The average molecular weight is 875 g/mol. The molecule has 0 saturated heterocycles. The molecule has 3 heterocycles. The molecule has 2 aromatic carbocycles. The smallest absolute Gasteiger partial charge is 0.330 e. The van der Waals surface area contributed by atoms with Gasteiger partial charge >= 0.3 is 11.9 Å². The molecule has 3 aromatic rings. The Balaban J connectivity index is 0.890. The number of rotatable bonds is 5. The van der Waals surface area contributed by atoms with Crippen LogP contribution in [0, 0.1) is 35.0 Å². The van der Waals surface area contributed by atoms with E-state index in [0.29, 0.717) is 35.5 Å². The Hall–Kier alpha value is -6.15. The van der Waals surface area contributed by atoms with E-state index in [4.69, 9.17) is 4.67 Å². The van der Waals surface area contributed by atoms with Crippen molar-refractivity contribution >= 4 is 23.6 Å². The topological polar surface area (TPSA) is 31.1 Å². The second-order valence-electron chi connectivity index (χ2n) is 22.0. The highest BCUT2D eigenvalue weighted by molar-refractivity contribution is 6.24. The van der Waals surface area contributed by atoms with Crippen LogP contribution in [0.15, 0.2) is 179 Å². The molecule has 67 heavy (non-hydrogen) atoms. The highest BCUT2D eigenvalue weighted by Gasteiger charge is 2.62. The van der Waals surface area contributed by atoms with E-state index in [1.54, 1.807) is 50.2 Å². The molecule has 8 aliphatic carbocycles. The minimum absolute atomic E-state index is 0.00540. The van der Waals surface area contributed by atoms with E-state index in [1.165, 1.54) is 45.8 Å². The number of fused-ring (bicyclic) bond motifs is 11. The van der Waals surface area contributed by atoms with Gasteiger partial charge < -0.3 is 9.88 Å². The number of hydrogen-bond acceptors (Lipinski definition) is 1. The van der Waals surface area contributed by atoms with Gasteiger partial charge in [-0.2, -0.15) is 0 Å². The van der Waals surface area contributed by atoms with Crippen LogP contribution in [0.2, 0.25) is 0 Å². The quantitative estimate of drug-likeness (QED) is 0.254. The summed E-state index contributed by atoms with van der Waals surface area (Å²) in [7, 11) is 0. The molecule has 1 aromatic heterocycles. The zero-order chi connectivity index (χ0) is 45.2. The van der Waals surface area contributed by atoms with E-state index in [-0.39, 0.29) is 16.9 Å². The molecule has 10 aliphatic rings. The summed E-state index contributed by atoms with van der Waals surface area (Å²) in [5, 5.41) is 3.93. The molecular weight excluding hydrogens is 811 g/mol. The maximum atomic E-state index is 5.13. The van der Waals surface area contributed by atoms with E-state index >= 15 is 0 Å². The Labute approximate surface area is 398 Å². The van der Waals surface area contributed by atoms with Gasteiger partial charge in [0.15, 0.2) is 0 Å². The number of nitrogens with zero attached hydrogens (tertiary/aromatic N) is 2. The number of hydrogen-bond donors (Lipinski definition) is 1. The molecule has 8 atom stereocenters. The lowest BCUT2D eigenvalue weighted by Crippen LogP contribution is -2.46. The van der Waals surface area contributed by atoms with Crippen LogP contribution in [-0.4, -0.2) is 22.5 Å². The van der Waals surface area contributed by atoms with Gasteiger partial charge in [0.2, 0.25) is 0 Å². The van der Waals surface area contributed by atoms with Gasteiger partial charge in [-0.05, 0) is 156 Å². The molecule has 0 radical (unpaired) electrons. The van der Waals surface area contributed by atoms with Gasteiger partial charge in [0, 0.05) is 51.5 Å². The predicted molar refractivity (Wildman–Crippen MR) is 280 cm³/mol. The molecule has 3 heteroatoms. The lowest BCUT2D eigenvalue weighted by Gasteiger charge is -2.54. The number of allylic oxidation sites excluding steroid dienone is 20. The Morgan fingerprint density at radius 1 is 0.746 bits per heavy atom. The molecule has 334 valence electrons. The summed E-state index contributed by atoms with van der Waals surface area (Å²) in [6.07, 6.45) is 49.1. The van der Waals surface area contributed by atoms with Crippen LogP contribution in [0.3, 0.4) is 0 Å². The second-order valence-corrected chi connectivity index (χ2v) is 22.0. The minimum Gasteiger partial charge on any atom is -0.371 e. The maximum absolute atomic E-state index is 5.13. The van der Waals surface area contributed by atoms with Crippen LogP contribution in [-0.2, 0) is 18.3 Å². The van der Waals surface area contributed by atoms with Crippen molar-refractivity contribution in [1.29, 1.82) is 0 Å². The molecule has 13 rings (SSSR count). The zero-order valence-electron chi connectivity index (χ0n) is 40.0. The number of aromatic nitrogens is 1. The third kappa shape index (κ3) is 6.12. The third-order valence-electron chi connectivity index (χ3n) is 17.8. The summed E-state index contributed by atoms with van der Waals surface area (Å²) in [4.78, 5) is 0. The predicted octanol–water partition coefficient (Wildman–Crippen LogP) is 13.6. The fourth-order valence-electron chi connectivity index (χ4n) is 14.6. The molecule has 1 N–H and O–H groups in total. The van der Waals surface area contributed by atoms with Gasteiger partial charge in [-0.3, -0.25) is 0 Å². The van der Waals surface area contributed by atoms with Crippen molar-refractivity contribution in [3.63, 3.8) is 0 Å². The summed E-state index contributed by atoms with van der Waals surface area (Å²) in [5.41, 5.74) is 24.6. The highest BCUT2D eigenvalue weighted by Crippen LogP contribution is 2.70. The van der Waals surface area contributed by atoms with Crippen LogP contribution in [0.4, 0.5) is 0 Å². The van der Waals surface area contributed by atoms with E-state index in [0.717, 1.165) is 50.7 Å². The number of benzene rings is 2. The van der Waals surface area contributed by atoms with Crippen molar-refractivity contribution in [1.82, 2.24) is 14.6 Å². The molecule has 0 bridgehead atoms. The summed E-state index contributed by atoms with van der Waals surface area (Å²) >= 11 is 0. The van der Waals surface area contributed by atoms with Gasteiger partial charge in [0.1, 0.15) is 6.04 Å². The molecular formula is C64H64N3+. The normalized spacial score (nSPS) is 31.3. The summed E-state index contributed by atoms with van der Waals surface area (Å²) in [6.45, 7) is 12.3. The first-order valence-electron chi connectivity index (χ1n) is 25.7. The summed E-state index contributed by atoms with van der Waals surface area (Å²) < 4.78 is 7.85. The number of nitrogens with one attached hydrogen (secondary N) is 1. The molecule has 8 unspecified atom stereocenters. The van der Waals surface area contributed by atoms with Crippen molar-refractivity contribution in [3.8, 4) is 5.69 Å². The van der Waals surface area contributed by atoms with Crippen molar-refractivity contribution < 1.29 is 0 Å². The number of dihydropyridines is 1. The van der Waals surface area contributed by atoms with Crippen molar-refractivity contribution in [3.05, 3.63) is 218 Å². The van der Waals surface area contributed by atoms with Gasteiger partial charge in [-0.25, -0.2) is 0 Å². The van der Waals surface area contributed by atoms with Crippen LogP contribution >= 0.6 is 0 Å². The van der Waals surface area contributed by atoms with Gasteiger partial charge in [-0.15, -0.1) is 0 Å².